The molecular weight excluding hydrogens is 377 g/mol. The third-order valence-electron chi connectivity index (χ3n) is 4.62. The van der Waals surface area contributed by atoms with Crippen LogP contribution in [0.4, 0.5) is 30.5 Å². The van der Waals surface area contributed by atoms with E-state index >= 15 is 0 Å². The first kappa shape index (κ1) is 18.0. The van der Waals surface area contributed by atoms with Crippen molar-refractivity contribution in [3.63, 3.8) is 0 Å². The van der Waals surface area contributed by atoms with Gasteiger partial charge in [0.05, 0.1) is 11.5 Å². The van der Waals surface area contributed by atoms with E-state index in [1.165, 1.54) is 0 Å². The van der Waals surface area contributed by atoms with Gasteiger partial charge in [-0.1, -0.05) is 18.2 Å². The van der Waals surface area contributed by atoms with Crippen LogP contribution < -0.4 is 10.2 Å². The van der Waals surface area contributed by atoms with Crippen molar-refractivity contribution in [3.05, 3.63) is 52.0 Å². The molecule has 0 aliphatic carbocycles. The van der Waals surface area contributed by atoms with Gasteiger partial charge in [0.25, 0.3) is 0 Å². The quantitative estimate of drug-likeness (QED) is 0.521. The lowest BCUT2D eigenvalue weighted by Gasteiger charge is -2.28. The van der Waals surface area contributed by atoms with Crippen LogP contribution in [0.3, 0.4) is 0 Å². The zero-order chi connectivity index (χ0) is 19.9. The molecular formula is C17H15F3N6O2. The minimum atomic E-state index is -4.52. The van der Waals surface area contributed by atoms with Crippen LogP contribution in [0.25, 0.3) is 10.9 Å². The molecule has 0 bridgehead atoms. The average Bonchev–Trinajstić information content (AvgIpc) is 3.03. The third-order valence-corrected chi connectivity index (χ3v) is 4.62. The zero-order valence-corrected chi connectivity index (χ0v) is 14.5. The first-order valence-electron chi connectivity index (χ1n) is 8.47. The van der Waals surface area contributed by atoms with Gasteiger partial charge >= 0.3 is 11.9 Å². The van der Waals surface area contributed by atoms with E-state index < -0.39 is 29.1 Å². The van der Waals surface area contributed by atoms with Gasteiger partial charge in [0.15, 0.2) is 0 Å². The van der Waals surface area contributed by atoms with E-state index in [1.807, 2.05) is 29.6 Å². The monoisotopic (exact) mass is 392 g/mol. The standard InChI is InChI=1S/C17H15F3N6O2/c18-17(19,20)8-21-15-14(26(27)28)16(23-9-22-15)25-6-5-11-10-3-1-2-4-12(10)24-13(11)7-25/h1-4,9,24H,5-8H2,(H,21,22,23). The minimum absolute atomic E-state index is 0.00557. The fraction of sp³-hybridized carbons (Fsp3) is 0.294. The van der Waals surface area contributed by atoms with Crippen LogP contribution in [0.1, 0.15) is 11.3 Å². The van der Waals surface area contributed by atoms with Crippen molar-refractivity contribution in [2.45, 2.75) is 19.1 Å². The van der Waals surface area contributed by atoms with Crippen molar-refractivity contribution >= 4 is 28.2 Å². The van der Waals surface area contributed by atoms with Gasteiger partial charge in [-0.05, 0) is 18.1 Å². The Labute approximate surface area is 156 Å². The summed E-state index contributed by atoms with van der Waals surface area (Å²) in [5.41, 5.74) is 2.45. The molecule has 0 fully saturated rings. The largest absolute Gasteiger partial charge is 0.405 e. The summed E-state index contributed by atoms with van der Waals surface area (Å²) < 4.78 is 37.5. The number of aromatic nitrogens is 3. The minimum Gasteiger partial charge on any atom is -0.357 e. The highest BCUT2D eigenvalue weighted by Crippen LogP contribution is 2.36. The second kappa shape index (κ2) is 6.66. The van der Waals surface area contributed by atoms with E-state index in [0.717, 1.165) is 28.5 Å². The molecule has 28 heavy (non-hydrogen) atoms. The second-order valence-electron chi connectivity index (χ2n) is 6.42. The first-order valence-corrected chi connectivity index (χ1v) is 8.47. The van der Waals surface area contributed by atoms with E-state index in [-0.39, 0.29) is 5.82 Å². The summed E-state index contributed by atoms with van der Waals surface area (Å²) in [6, 6.07) is 7.81. The number of alkyl halides is 3. The molecule has 1 aliphatic rings. The summed E-state index contributed by atoms with van der Waals surface area (Å²) in [6.45, 7) is -0.636. The highest BCUT2D eigenvalue weighted by atomic mass is 19.4. The fourth-order valence-electron chi connectivity index (χ4n) is 3.46. The van der Waals surface area contributed by atoms with Crippen LogP contribution >= 0.6 is 0 Å². The number of benzene rings is 1. The van der Waals surface area contributed by atoms with Crippen LogP contribution in [0.2, 0.25) is 0 Å². The molecule has 0 saturated carbocycles. The third kappa shape index (κ3) is 3.30. The van der Waals surface area contributed by atoms with E-state index in [0.29, 0.717) is 19.5 Å². The van der Waals surface area contributed by atoms with Crippen molar-refractivity contribution in [1.29, 1.82) is 0 Å². The Morgan fingerprint density at radius 2 is 2.07 bits per heavy atom. The molecule has 2 aromatic heterocycles. The summed E-state index contributed by atoms with van der Waals surface area (Å²) in [5.74, 6) is -0.455. The topological polar surface area (TPSA) is 100.0 Å². The van der Waals surface area contributed by atoms with E-state index in [1.54, 1.807) is 4.90 Å². The molecule has 0 amide bonds. The van der Waals surface area contributed by atoms with Gasteiger partial charge in [-0.2, -0.15) is 13.2 Å². The highest BCUT2D eigenvalue weighted by molar-refractivity contribution is 5.85. The number of para-hydroxylation sites is 1. The van der Waals surface area contributed by atoms with Crippen molar-refractivity contribution < 1.29 is 18.1 Å². The number of aromatic amines is 1. The fourth-order valence-corrected chi connectivity index (χ4v) is 3.46. The van der Waals surface area contributed by atoms with E-state index in [9.17, 15) is 23.3 Å². The predicted molar refractivity (Wildman–Crippen MR) is 96.3 cm³/mol. The molecule has 0 spiro atoms. The SMILES string of the molecule is O=[N+]([O-])c1c(NCC(F)(F)F)ncnc1N1CCc2c([nH]c3ccccc23)C1. The Morgan fingerprint density at radius 1 is 1.29 bits per heavy atom. The normalized spacial score (nSPS) is 14.2. The van der Waals surface area contributed by atoms with Crippen LogP contribution in [-0.4, -0.2) is 39.1 Å². The van der Waals surface area contributed by atoms with Crippen LogP contribution in [0.15, 0.2) is 30.6 Å². The lowest BCUT2D eigenvalue weighted by atomic mass is 10.0. The molecule has 2 N–H and O–H groups in total. The molecule has 8 nitrogen and oxygen atoms in total. The first-order chi connectivity index (χ1) is 13.3. The smallest absolute Gasteiger partial charge is 0.357 e. The molecule has 3 heterocycles. The molecule has 11 heteroatoms. The number of nitrogens with one attached hydrogen (secondary N) is 2. The lowest BCUT2D eigenvalue weighted by molar-refractivity contribution is -0.383. The molecule has 1 aliphatic heterocycles. The number of H-pyrrole nitrogens is 1. The Morgan fingerprint density at radius 3 is 2.82 bits per heavy atom. The van der Waals surface area contributed by atoms with Crippen LogP contribution in [-0.2, 0) is 13.0 Å². The van der Waals surface area contributed by atoms with Gasteiger partial charge in [-0.15, -0.1) is 0 Å². The molecule has 0 radical (unpaired) electrons. The van der Waals surface area contributed by atoms with Gasteiger partial charge in [-0.25, -0.2) is 9.97 Å². The van der Waals surface area contributed by atoms with Crippen molar-refractivity contribution in [2.24, 2.45) is 0 Å². The summed E-state index contributed by atoms with van der Waals surface area (Å²) >= 11 is 0. The van der Waals surface area contributed by atoms with Gasteiger partial charge in [0.2, 0.25) is 11.6 Å². The molecule has 4 rings (SSSR count). The van der Waals surface area contributed by atoms with E-state index in [2.05, 4.69) is 15.0 Å². The Balaban J connectivity index is 1.68. The van der Waals surface area contributed by atoms with Crippen molar-refractivity contribution in [3.8, 4) is 0 Å². The number of rotatable bonds is 4. The number of halogens is 3. The summed E-state index contributed by atoms with van der Waals surface area (Å²) in [4.78, 5) is 23.4. The number of hydrogen-bond donors (Lipinski definition) is 2. The van der Waals surface area contributed by atoms with Gasteiger partial charge in [0, 0.05) is 23.1 Å². The maximum Gasteiger partial charge on any atom is 0.405 e. The maximum absolute atomic E-state index is 12.5. The molecule has 0 unspecified atom stereocenters. The summed E-state index contributed by atoms with van der Waals surface area (Å²) in [6.07, 6.45) is -2.86. The van der Waals surface area contributed by atoms with Crippen LogP contribution in [0.5, 0.6) is 0 Å². The maximum atomic E-state index is 12.5. The molecule has 0 atom stereocenters. The summed E-state index contributed by atoms with van der Waals surface area (Å²) in [5, 5.41) is 14.7. The zero-order valence-electron chi connectivity index (χ0n) is 14.5. The molecule has 146 valence electrons. The number of nitro groups is 1. The van der Waals surface area contributed by atoms with Gasteiger partial charge in [0.1, 0.15) is 12.9 Å². The molecule has 0 saturated heterocycles. The van der Waals surface area contributed by atoms with Crippen molar-refractivity contribution in [1.82, 2.24) is 15.0 Å². The lowest BCUT2D eigenvalue weighted by Crippen LogP contribution is -2.32. The predicted octanol–water partition coefficient (Wildman–Crippen LogP) is 3.40. The Hall–Kier alpha value is -3.37. The second-order valence-corrected chi connectivity index (χ2v) is 6.42. The average molecular weight is 392 g/mol. The Kier molecular flexibility index (Phi) is 4.28. The number of anilines is 2. The van der Waals surface area contributed by atoms with Crippen LogP contribution in [0, 0.1) is 10.1 Å². The molecule has 3 aromatic rings. The van der Waals surface area contributed by atoms with Crippen molar-refractivity contribution in [2.75, 3.05) is 23.3 Å². The number of hydrogen-bond acceptors (Lipinski definition) is 6. The Bertz CT molecular complexity index is 1050. The highest BCUT2D eigenvalue weighted by Gasteiger charge is 2.33. The number of fused-ring (bicyclic) bond motifs is 3. The summed E-state index contributed by atoms with van der Waals surface area (Å²) in [7, 11) is 0. The molecule has 1 aromatic carbocycles. The van der Waals surface area contributed by atoms with Gasteiger partial charge < -0.3 is 15.2 Å². The number of nitrogens with zero attached hydrogens (tertiary/aromatic N) is 4. The van der Waals surface area contributed by atoms with E-state index in [4.69, 9.17) is 0 Å². The van der Waals surface area contributed by atoms with Gasteiger partial charge in [-0.3, -0.25) is 10.1 Å².